The first-order valence-electron chi connectivity index (χ1n) is 4.59. The van der Waals surface area contributed by atoms with Crippen LogP contribution in [0.15, 0.2) is 17.1 Å². The van der Waals surface area contributed by atoms with Gasteiger partial charge in [-0.3, -0.25) is 4.79 Å². The van der Waals surface area contributed by atoms with Crippen molar-refractivity contribution in [2.24, 2.45) is 4.99 Å². The molecule has 0 aliphatic rings. The predicted molar refractivity (Wildman–Crippen MR) is 54.3 cm³/mol. The molecule has 0 rings (SSSR count). The van der Waals surface area contributed by atoms with Crippen molar-refractivity contribution in [2.45, 2.75) is 13.3 Å². The van der Waals surface area contributed by atoms with Crippen molar-refractivity contribution >= 4 is 18.0 Å². The van der Waals surface area contributed by atoms with Crippen molar-refractivity contribution in [3.63, 3.8) is 0 Å². The first kappa shape index (κ1) is 14.1. The van der Waals surface area contributed by atoms with Gasteiger partial charge in [-0.05, 0) is 6.92 Å². The summed E-state index contributed by atoms with van der Waals surface area (Å²) in [5.41, 5.74) is 0.284. The van der Waals surface area contributed by atoms with E-state index in [-0.39, 0.29) is 31.8 Å². The molecule has 0 bridgehead atoms. The summed E-state index contributed by atoms with van der Waals surface area (Å²) < 4.78 is 9.36. The molecule has 0 saturated carbocycles. The molecule has 0 aromatic carbocycles. The van der Waals surface area contributed by atoms with Crippen LogP contribution in [0.1, 0.15) is 13.3 Å². The van der Waals surface area contributed by atoms with E-state index < -0.39 is 11.9 Å². The van der Waals surface area contributed by atoms with Crippen LogP contribution in [0.4, 0.5) is 0 Å². The standard InChI is InChI=1S/C10H13NO5/c1-8(2)10(14)16-6-5-15-9(13)3-4-11-7-12/h1,3-6H2,2H3. The van der Waals surface area contributed by atoms with Crippen LogP contribution in [0.3, 0.4) is 0 Å². The van der Waals surface area contributed by atoms with Gasteiger partial charge in [0.25, 0.3) is 0 Å². The van der Waals surface area contributed by atoms with Gasteiger partial charge < -0.3 is 9.47 Å². The second-order valence-corrected chi connectivity index (χ2v) is 2.86. The molecule has 0 unspecified atom stereocenters. The molecule has 0 aromatic heterocycles. The molecule has 0 spiro atoms. The van der Waals surface area contributed by atoms with E-state index in [4.69, 9.17) is 0 Å². The van der Waals surface area contributed by atoms with Gasteiger partial charge >= 0.3 is 11.9 Å². The highest BCUT2D eigenvalue weighted by Gasteiger charge is 2.04. The zero-order valence-corrected chi connectivity index (χ0v) is 9.02. The molecule has 6 heteroatoms. The maximum Gasteiger partial charge on any atom is 0.333 e. The summed E-state index contributed by atoms with van der Waals surface area (Å²) in [7, 11) is 0. The van der Waals surface area contributed by atoms with Crippen LogP contribution < -0.4 is 0 Å². The zero-order chi connectivity index (χ0) is 12.4. The number of rotatable bonds is 7. The lowest BCUT2D eigenvalue weighted by atomic mass is 10.4. The molecule has 0 saturated heterocycles. The van der Waals surface area contributed by atoms with Gasteiger partial charge in [0.2, 0.25) is 6.08 Å². The Morgan fingerprint density at radius 1 is 1.31 bits per heavy atom. The molecule has 0 aliphatic carbocycles. The van der Waals surface area contributed by atoms with Crippen LogP contribution in [0.25, 0.3) is 0 Å². The zero-order valence-electron chi connectivity index (χ0n) is 9.02. The van der Waals surface area contributed by atoms with Gasteiger partial charge in [-0.2, -0.15) is 0 Å². The van der Waals surface area contributed by atoms with Crippen LogP contribution in [-0.4, -0.2) is 37.8 Å². The number of hydrogen-bond acceptors (Lipinski definition) is 6. The van der Waals surface area contributed by atoms with Crippen LogP contribution in [-0.2, 0) is 23.9 Å². The minimum atomic E-state index is -0.526. The first-order valence-corrected chi connectivity index (χ1v) is 4.59. The fourth-order valence-corrected chi connectivity index (χ4v) is 0.678. The maximum absolute atomic E-state index is 10.9. The van der Waals surface area contributed by atoms with Crippen LogP contribution in [0.2, 0.25) is 0 Å². The third kappa shape index (κ3) is 7.46. The average molecular weight is 227 g/mol. The highest BCUT2D eigenvalue weighted by molar-refractivity contribution is 5.86. The second kappa shape index (κ2) is 8.38. The quantitative estimate of drug-likeness (QED) is 0.206. The van der Waals surface area contributed by atoms with Gasteiger partial charge in [0, 0.05) is 5.57 Å². The summed E-state index contributed by atoms with van der Waals surface area (Å²) in [6.07, 6.45) is 1.31. The van der Waals surface area contributed by atoms with Crippen LogP contribution in [0.5, 0.6) is 0 Å². The topological polar surface area (TPSA) is 82.0 Å². The second-order valence-electron chi connectivity index (χ2n) is 2.86. The first-order chi connectivity index (χ1) is 7.57. The van der Waals surface area contributed by atoms with E-state index in [0.717, 1.165) is 0 Å². The Kier molecular flexibility index (Phi) is 7.36. The molecule has 0 amide bonds. The van der Waals surface area contributed by atoms with Crippen LogP contribution in [0, 0.1) is 0 Å². The molecule has 0 N–H and O–H groups in total. The molecule has 0 aliphatic heterocycles. The number of ether oxygens (including phenoxy) is 2. The van der Waals surface area contributed by atoms with Crippen molar-refractivity contribution in [1.82, 2.24) is 0 Å². The van der Waals surface area contributed by atoms with E-state index in [1.165, 1.54) is 13.0 Å². The van der Waals surface area contributed by atoms with Gasteiger partial charge in [0.15, 0.2) is 0 Å². The summed E-state index contributed by atoms with van der Waals surface area (Å²) in [5, 5.41) is 0. The van der Waals surface area contributed by atoms with E-state index in [0.29, 0.717) is 0 Å². The summed E-state index contributed by atoms with van der Waals surface area (Å²) in [6.45, 7) is 4.91. The van der Waals surface area contributed by atoms with Gasteiger partial charge in [0.05, 0.1) is 13.0 Å². The Labute approximate surface area is 92.9 Å². The number of nitrogens with zero attached hydrogens (tertiary/aromatic N) is 1. The SMILES string of the molecule is C=C(C)C(=O)OCCOC(=O)CCN=C=O. The minimum absolute atomic E-state index is 0.00364. The Bertz CT molecular complexity index is 317. The van der Waals surface area contributed by atoms with Crippen LogP contribution >= 0.6 is 0 Å². The molecule has 0 aromatic rings. The van der Waals surface area contributed by atoms with Gasteiger partial charge in [-0.1, -0.05) is 6.58 Å². The summed E-state index contributed by atoms with van der Waals surface area (Å²) >= 11 is 0. The molecular formula is C10H13NO5. The molecule has 0 fully saturated rings. The van der Waals surface area contributed by atoms with Crippen molar-refractivity contribution in [1.29, 1.82) is 0 Å². The van der Waals surface area contributed by atoms with Gasteiger partial charge in [-0.25, -0.2) is 14.6 Å². The Morgan fingerprint density at radius 3 is 2.50 bits per heavy atom. The normalized spacial score (nSPS) is 8.81. The lowest BCUT2D eigenvalue weighted by molar-refractivity contribution is -0.149. The van der Waals surface area contributed by atoms with Gasteiger partial charge in [-0.15, -0.1) is 0 Å². The number of carbonyl (C=O) groups is 2. The van der Waals surface area contributed by atoms with E-state index in [2.05, 4.69) is 21.0 Å². The lowest BCUT2D eigenvalue weighted by Gasteiger charge is -2.05. The van der Waals surface area contributed by atoms with E-state index in [1.54, 1.807) is 0 Å². The fourth-order valence-electron chi connectivity index (χ4n) is 0.678. The Hall–Kier alpha value is -1.94. The minimum Gasteiger partial charge on any atom is -0.462 e. The Morgan fingerprint density at radius 2 is 1.94 bits per heavy atom. The third-order valence-electron chi connectivity index (χ3n) is 1.42. The molecule has 0 atom stereocenters. The summed E-state index contributed by atoms with van der Waals surface area (Å²) in [4.78, 5) is 34.7. The highest BCUT2D eigenvalue weighted by atomic mass is 16.6. The molecule has 16 heavy (non-hydrogen) atoms. The molecule has 0 radical (unpaired) electrons. The third-order valence-corrected chi connectivity index (χ3v) is 1.42. The number of hydrogen-bond donors (Lipinski definition) is 0. The summed E-state index contributed by atoms with van der Waals surface area (Å²) in [5.74, 6) is -1.04. The van der Waals surface area contributed by atoms with Gasteiger partial charge in [0.1, 0.15) is 13.2 Å². The van der Waals surface area contributed by atoms with E-state index in [9.17, 15) is 14.4 Å². The average Bonchev–Trinajstić information content (AvgIpc) is 2.24. The summed E-state index contributed by atoms with van der Waals surface area (Å²) in [6, 6.07) is 0. The number of esters is 2. The van der Waals surface area contributed by atoms with Crippen molar-refractivity contribution in [2.75, 3.05) is 19.8 Å². The predicted octanol–water partition coefficient (Wildman–Crippen LogP) is 0.375. The number of aliphatic imine (C=N–C) groups is 1. The lowest BCUT2D eigenvalue weighted by Crippen LogP contribution is -2.14. The molecule has 0 heterocycles. The highest BCUT2D eigenvalue weighted by Crippen LogP contribution is 1.92. The molecule has 6 nitrogen and oxygen atoms in total. The van der Waals surface area contributed by atoms with Crippen molar-refractivity contribution < 1.29 is 23.9 Å². The number of isocyanates is 1. The molecular weight excluding hydrogens is 214 g/mol. The molecule has 88 valence electrons. The van der Waals surface area contributed by atoms with Crippen molar-refractivity contribution in [3.05, 3.63) is 12.2 Å². The Balaban J connectivity index is 3.51. The van der Waals surface area contributed by atoms with E-state index in [1.807, 2.05) is 0 Å². The fraction of sp³-hybridized carbons (Fsp3) is 0.500. The number of carbonyl (C=O) groups excluding carboxylic acids is 3. The monoisotopic (exact) mass is 227 g/mol. The van der Waals surface area contributed by atoms with Crippen molar-refractivity contribution in [3.8, 4) is 0 Å². The maximum atomic E-state index is 10.9. The smallest absolute Gasteiger partial charge is 0.333 e. The largest absolute Gasteiger partial charge is 0.462 e. The van der Waals surface area contributed by atoms with E-state index >= 15 is 0 Å².